The molecule has 0 radical (unpaired) electrons. The van der Waals surface area contributed by atoms with Gasteiger partial charge in [-0.25, -0.2) is 4.39 Å². The lowest BCUT2D eigenvalue weighted by molar-refractivity contribution is -0.0461. The molecule has 1 aromatic carbocycles. The molecule has 126 valence electrons. The normalized spacial score (nSPS) is 18.7. The number of hydrogen-bond acceptors (Lipinski definition) is 6. The van der Waals surface area contributed by atoms with Gasteiger partial charge in [0, 0.05) is 31.1 Å². The van der Waals surface area contributed by atoms with Crippen LogP contribution in [-0.2, 0) is 11.3 Å². The van der Waals surface area contributed by atoms with Gasteiger partial charge < -0.3 is 9.15 Å². The third-order valence-electron chi connectivity index (χ3n) is 3.97. The van der Waals surface area contributed by atoms with Crippen LogP contribution in [0.2, 0.25) is 0 Å². The highest BCUT2D eigenvalue weighted by atomic mass is 19.1. The summed E-state index contributed by atoms with van der Waals surface area (Å²) in [6.45, 7) is 6.09. The van der Waals surface area contributed by atoms with Crippen LogP contribution in [0.15, 0.2) is 22.6 Å². The fourth-order valence-electron chi connectivity index (χ4n) is 2.63. The highest BCUT2D eigenvalue weighted by molar-refractivity contribution is 5.34. The zero-order valence-electron chi connectivity index (χ0n) is 13.7. The number of ether oxygens (including phenoxy) is 1. The Hall–Kier alpha value is -2.30. The molecule has 1 aliphatic heterocycles. The topological polar surface area (TPSA) is 75.2 Å². The molecule has 0 N–H and O–H groups in total. The van der Waals surface area contributed by atoms with Crippen LogP contribution in [0.1, 0.15) is 48.8 Å². The summed E-state index contributed by atoms with van der Waals surface area (Å²) in [6, 6.07) is 6.74. The molecule has 2 heterocycles. The van der Waals surface area contributed by atoms with E-state index in [0.717, 1.165) is 0 Å². The average molecular weight is 330 g/mol. The Balaban J connectivity index is 1.71. The van der Waals surface area contributed by atoms with E-state index in [1.54, 1.807) is 12.1 Å². The van der Waals surface area contributed by atoms with Gasteiger partial charge in [-0.1, -0.05) is 26.0 Å². The van der Waals surface area contributed by atoms with Crippen molar-refractivity contribution in [1.82, 2.24) is 15.1 Å². The molecule has 0 bridgehead atoms. The van der Waals surface area contributed by atoms with E-state index in [0.29, 0.717) is 43.6 Å². The fourth-order valence-corrected chi connectivity index (χ4v) is 2.63. The maximum absolute atomic E-state index is 14.2. The second kappa shape index (κ2) is 7.07. The molecule has 1 fully saturated rings. The van der Waals surface area contributed by atoms with E-state index in [-0.39, 0.29) is 17.6 Å². The molecule has 1 atom stereocenters. The Morgan fingerprint density at radius 1 is 1.42 bits per heavy atom. The Morgan fingerprint density at radius 3 is 2.96 bits per heavy atom. The lowest BCUT2D eigenvalue weighted by Gasteiger charge is -2.31. The molecule has 3 rings (SSSR count). The molecule has 1 aliphatic rings. The minimum atomic E-state index is -0.456. The summed E-state index contributed by atoms with van der Waals surface area (Å²) < 4.78 is 25.6. The molecule has 1 unspecified atom stereocenters. The largest absolute Gasteiger partial charge is 0.422 e. The summed E-state index contributed by atoms with van der Waals surface area (Å²) in [7, 11) is 0. The van der Waals surface area contributed by atoms with E-state index in [1.165, 1.54) is 6.07 Å². The first-order valence-corrected chi connectivity index (χ1v) is 7.93. The molecule has 0 saturated carbocycles. The SMILES string of the molecule is CC(C)c1nnc(C2CN(Cc3cccc(C#N)c3F)CCO2)o1. The van der Waals surface area contributed by atoms with Gasteiger partial charge in [-0.15, -0.1) is 10.2 Å². The second-order valence-electron chi connectivity index (χ2n) is 6.12. The molecule has 1 aromatic heterocycles. The van der Waals surface area contributed by atoms with E-state index in [4.69, 9.17) is 14.4 Å². The molecular weight excluding hydrogens is 311 g/mol. The molecule has 24 heavy (non-hydrogen) atoms. The monoisotopic (exact) mass is 330 g/mol. The molecule has 0 aliphatic carbocycles. The predicted octanol–water partition coefficient (Wildman–Crippen LogP) is 2.78. The summed E-state index contributed by atoms with van der Waals surface area (Å²) >= 11 is 0. The van der Waals surface area contributed by atoms with Crippen LogP contribution in [0.25, 0.3) is 0 Å². The van der Waals surface area contributed by atoms with Gasteiger partial charge in [-0.05, 0) is 6.07 Å². The van der Waals surface area contributed by atoms with Crippen LogP contribution in [0, 0.1) is 17.1 Å². The highest BCUT2D eigenvalue weighted by Gasteiger charge is 2.27. The first kappa shape index (κ1) is 16.6. The smallest absolute Gasteiger partial charge is 0.246 e. The Bertz CT molecular complexity index is 753. The number of nitriles is 1. The zero-order valence-corrected chi connectivity index (χ0v) is 13.7. The molecule has 0 spiro atoms. The van der Waals surface area contributed by atoms with Gasteiger partial charge in [-0.3, -0.25) is 4.90 Å². The number of rotatable bonds is 4. The molecule has 7 heteroatoms. The van der Waals surface area contributed by atoms with E-state index >= 15 is 0 Å². The zero-order chi connectivity index (χ0) is 17.1. The maximum atomic E-state index is 14.2. The molecule has 0 amide bonds. The Morgan fingerprint density at radius 2 is 2.25 bits per heavy atom. The third kappa shape index (κ3) is 3.45. The van der Waals surface area contributed by atoms with Crippen molar-refractivity contribution < 1.29 is 13.5 Å². The standard InChI is InChI=1S/C17H19FN4O2/c1-11(2)16-20-21-17(24-16)14-10-22(6-7-23-14)9-13-5-3-4-12(8-19)15(13)18/h3-5,11,14H,6-7,9-10H2,1-2H3. The van der Waals surface area contributed by atoms with Crippen LogP contribution in [0.3, 0.4) is 0 Å². The van der Waals surface area contributed by atoms with E-state index in [9.17, 15) is 4.39 Å². The van der Waals surface area contributed by atoms with Gasteiger partial charge in [0.15, 0.2) is 0 Å². The van der Waals surface area contributed by atoms with E-state index in [2.05, 4.69) is 15.1 Å². The Labute approximate surface area is 139 Å². The van der Waals surface area contributed by atoms with E-state index in [1.807, 2.05) is 19.9 Å². The minimum absolute atomic E-state index is 0.0655. The molecule has 6 nitrogen and oxygen atoms in total. The van der Waals surface area contributed by atoms with Gasteiger partial charge in [0.1, 0.15) is 18.0 Å². The van der Waals surface area contributed by atoms with Crippen molar-refractivity contribution in [2.24, 2.45) is 0 Å². The van der Waals surface area contributed by atoms with Gasteiger partial charge in [0.05, 0.1) is 12.2 Å². The highest BCUT2D eigenvalue weighted by Crippen LogP contribution is 2.25. The molecular formula is C17H19FN4O2. The van der Waals surface area contributed by atoms with Gasteiger partial charge >= 0.3 is 0 Å². The first-order chi connectivity index (χ1) is 11.6. The third-order valence-corrected chi connectivity index (χ3v) is 3.97. The first-order valence-electron chi connectivity index (χ1n) is 7.93. The number of hydrogen-bond donors (Lipinski definition) is 0. The number of aromatic nitrogens is 2. The number of benzene rings is 1. The summed E-state index contributed by atoms with van der Waals surface area (Å²) in [4.78, 5) is 2.06. The van der Waals surface area contributed by atoms with Crippen LogP contribution < -0.4 is 0 Å². The molecule has 2 aromatic rings. The van der Waals surface area contributed by atoms with Crippen LogP contribution in [0.5, 0.6) is 0 Å². The van der Waals surface area contributed by atoms with Gasteiger partial charge in [0.2, 0.25) is 11.8 Å². The van der Waals surface area contributed by atoms with Crippen molar-refractivity contribution in [2.45, 2.75) is 32.4 Å². The lowest BCUT2D eigenvalue weighted by Crippen LogP contribution is -2.38. The summed E-state index contributed by atoms with van der Waals surface area (Å²) in [5.41, 5.74) is 0.568. The maximum Gasteiger partial charge on any atom is 0.246 e. The van der Waals surface area contributed by atoms with Crippen LogP contribution in [0.4, 0.5) is 4.39 Å². The van der Waals surface area contributed by atoms with Crippen LogP contribution in [-0.4, -0.2) is 34.8 Å². The fraction of sp³-hybridized carbons (Fsp3) is 0.471. The number of nitrogens with zero attached hydrogens (tertiary/aromatic N) is 4. The van der Waals surface area contributed by atoms with Crippen molar-refractivity contribution in [1.29, 1.82) is 5.26 Å². The summed E-state index contributed by atoms with van der Waals surface area (Å²) in [6.07, 6.45) is -0.319. The van der Waals surface area contributed by atoms with Gasteiger partial charge in [0.25, 0.3) is 0 Å². The van der Waals surface area contributed by atoms with Crippen molar-refractivity contribution in [2.75, 3.05) is 19.7 Å². The number of morpholine rings is 1. The molecule has 1 saturated heterocycles. The second-order valence-corrected chi connectivity index (χ2v) is 6.12. The van der Waals surface area contributed by atoms with Crippen molar-refractivity contribution in [3.8, 4) is 6.07 Å². The average Bonchev–Trinajstić information content (AvgIpc) is 3.07. The van der Waals surface area contributed by atoms with Crippen LogP contribution >= 0.6 is 0 Å². The van der Waals surface area contributed by atoms with Crippen molar-refractivity contribution >= 4 is 0 Å². The van der Waals surface area contributed by atoms with E-state index < -0.39 is 5.82 Å². The Kier molecular flexibility index (Phi) is 4.88. The van der Waals surface area contributed by atoms with Crippen molar-refractivity contribution in [3.63, 3.8) is 0 Å². The number of halogens is 1. The lowest BCUT2D eigenvalue weighted by atomic mass is 10.1. The summed E-state index contributed by atoms with van der Waals surface area (Å²) in [5, 5.41) is 17.0. The predicted molar refractivity (Wildman–Crippen MR) is 83.5 cm³/mol. The quantitative estimate of drug-likeness (QED) is 0.858. The van der Waals surface area contributed by atoms with Crippen molar-refractivity contribution in [3.05, 3.63) is 46.9 Å². The van der Waals surface area contributed by atoms with Gasteiger partial charge in [-0.2, -0.15) is 5.26 Å². The summed E-state index contributed by atoms with van der Waals surface area (Å²) in [5.74, 6) is 0.741. The minimum Gasteiger partial charge on any atom is -0.422 e.